The molecular formula is C18H17ClN4O2. The number of benzene rings is 2. The largest absolute Gasteiger partial charge is 0.323 e. The minimum absolute atomic E-state index is 0.220. The number of anilines is 1. The van der Waals surface area contributed by atoms with Gasteiger partial charge in [0.1, 0.15) is 6.04 Å². The van der Waals surface area contributed by atoms with Gasteiger partial charge in [0, 0.05) is 0 Å². The average molecular weight is 357 g/mol. The number of hydrogen-bond donors (Lipinski definition) is 2. The van der Waals surface area contributed by atoms with Crippen LogP contribution in [-0.4, -0.2) is 34.9 Å². The summed E-state index contributed by atoms with van der Waals surface area (Å²) in [6, 6.07) is 12.1. The van der Waals surface area contributed by atoms with Crippen LogP contribution >= 0.6 is 11.6 Å². The monoisotopic (exact) mass is 356 g/mol. The predicted molar refractivity (Wildman–Crippen MR) is 98.9 cm³/mol. The Kier molecular flexibility index (Phi) is 4.83. The van der Waals surface area contributed by atoms with E-state index < -0.39 is 6.04 Å². The molecule has 1 heterocycles. The Hall–Kier alpha value is -2.70. The Morgan fingerprint density at radius 3 is 2.64 bits per heavy atom. The van der Waals surface area contributed by atoms with E-state index in [9.17, 15) is 9.59 Å². The van der Waals surface area contributed by atoms with Gasteiger partial charge in [0.25, 0.3) is 5.56 Å². The van der Waals surface area contributed by atoms with Crippen molar-refractivity contribution in [2.45, 2.75) is 6.04 Å². The molecule has 1 aromatic heterocycles. The van der Waals surface area contributed by atoms with Gasteiger partial charge in [-0.05, 0) is 31.8 Å². The van der Waals surface area contributed by atoms with Crippen molar-refractivity contribution >= 4 is 34.1 Å². The number of H-pyrrole nitrogens is 1. The van der Waals surface area contributed by atoms with Crippen molar-refractivity contribution in [3.05, 3.63) is 69.7 Å². The van der Waals surface area contributed by atoms with E-state index in [1.54, 1.807) is 6.07 Å². The highest BCUT2D eigenvalue weighted by Gasteiger charge is 2.23. The van der Waals surface area contributed by atoms with Gasteiger partial charge >= 0.3 is 0 Å². The van der Waals surface area contributed by atoms with Gasteiger partial charge in [0.05, 0.1) is 27.9 Å². The summed E-state index contributed by atoms with van der Waals surface area (Å²) in [6.45, 7) is 0. The first-order chi connectivity index (χ1) is 12.0. The van der Waals surface area contributed by atoms with Crippen LogP contribution in [-0.2, 0) is 4.79 Å². The lowest BCUT2D eigenvalue weighted by molar-refractivity contribution is -0.120. The molecular weight excluding hydrogens is 340 g/mol. The van der Waals surface area contributed by atoms with E-state index in [2.05, 4.69) is 15.3 Å². The van der Waals surface area contributed by atoms with Gasteiger partial charge in [0.15, 0.2) is 0 Å². The third-order valence-corrected chi connectivity index (χ3v) is 4.18. The molecule has 0 aliphatic heterocycles. The molecule has 0 spiro atoms. The first kappa shape index (κ1) is 17.1. The number of likely N-dealkylation sites (N-methyl/N-ethyl adjacent to an activating group) is 1. The van der Waals surface area contributed by atoms with Crippen molar-refractivity contribution in [1.82, 2.24) is 14.9 Å². The number of nitrogens with zero attached hydrogens (tertiary/aromatic N) is 2. The molecule has 128 valence electrons. The maximum atomic E-state index is 12.8. The highest BCUT2D eigenvalue weighted by Crippen LogP contribution is 2.27. The third-order valence-electron chi connectivity index (χ3n) is 3.87. The maximum Gasteiger partial charge on any atom is 0.258 e. The van der Waals surface area contributed by atoms with Crippen LogP contribution in [0, 0.1) is 0 Å². The number of fused-ring (bicyclic) bond motifs is 1. The van der Waals surface area contributed by atoms with Crippen LogP contribution in [0.4, 0.5) is 5.69 Å². The molecule has 0 radical (unpaired) electrons. The summed E-state index contributed by atoms with van der Waals surface area (Å²) in [7, 11) is 3.67. The van der Waals surface area contributed by atoms with Crippen molar-refractivity contribution in [2.75, 3.05) is 19.4 Å². The number of carbonyl (C=O) groups is 1. The number of halogens is 1. The molecule has 1 atom stereocenters. The molecule has 25 heavy (non-hydrogen) atoms. The van der Waals surface area contributed by atoms with Crippen LogP contribution in [0.25, 0.3) is 10.9 Å². The molecule has 0 saturated heterocycles. The smallest absolute Gasteiger partial charge is 0.258 e. The van der Waals surface area contributed by atoms with Crippen LogP contribution in [0.1, 0.15) is 11.6 Å². The molecule has 7 heteroatoms. The molecule has 3 rings (SSSR count). The lowest BCUT2D eigenvalue weighted by atomic mass is 10.1. The van der Waals surface area contributed by atoms with E-state index in [1.165, 1.54) is 12.4 Å². The fraction of sp³-hybridized carbons (Fsp3) is 0.167. The van der Waals surface area contributed by atoms with Gasteiger partial charge in [0.2, 0.25) is 5.91 Å². The van der Waals surface area contributed by atoms with E-state index in [1.807, 2.05) is 49.3 Å². The van der Waals surface area contributed by atoms with Gasteiger partial charge in [-0.15, -0.1) is 0 Å². The zero-order chi connectivity index (χ0) is 18.0. The van der Waals surface area contributed by atoms with Crippen molar-refractivity contribution in [2.24, 2.45) is 0 Å². The Labute approximate surface area is 149 Å². The number of hydrogen-bond acceptors (Lipinski definition) is 4. The fourth-order valence-electron chi connectivity index (χ4n) is 2.70. The molecule has 1 unspecified atom stereocenters. The van der Waals surface area contributed by atoms with Gasteiger partial charge < -0.3 is 10.3 Å². The lowest BCUT2D eigenvalue weighted by Crippen LogP contribution is -2.32. The summed E-state index contributed by atoms with van der Waals surface area (Å²) < 4.78 is 0. The standard InChI is InChI=1S/C18H17ClN4O2/c1-23(2)16(11-6-4-3-5-7-11)18(25)22-15-9-14-12(8-13(15)19)17(24)21-10-20-14/h3-10,16H,1-2H3,(H,22,25)(H,20,21,24). The molecule has 0 aliphatic rings. The Morgan fingerprint density at radius 2 is 1.96 bits per heavy atom. The van der Waals surface area contributed by atoms with Gasteiger partial charge in [-0.2, -0.15) is 0 Å². The first-order valence-corrected chi connectivity index (χ1v) is 8.04. The Morgan fingerprint density at radius 1 is 1.24 bits per heavy atom. The highest BCUT2D eigenvalue weighted by atomic mass is 35.5. The lowest BCUT2D eigenvalue weighted by Gasteiger charge is -2.24. The van der Waals surface area contributed by atoms with E-state index in [0.29, 0.717) is 16.6 Å². The predicted octanol–water partition coefficient (Wildman–Crippen LogP) is 2.82. The number of nitrogens with one attached hydrogen (secondary N) is 2. The van der Waals surface area contributed by atoms with E-state index in [-0.39, 0.29) is 16.5 Å². The summed E-state index contributed by atoms with van der Waals surface area (Å²) in [5.74, 6) is -0.220. The zero-order valence-electron chi connectivity index (χ0n) is 13.8. The second-order valence-electron chi connectivity index (χ2n) is 5.85. The van der Waals surface area contributed by atoms with E-state index in [4.69, 9.17) is 11.6 Å². The topological polar surface area (TPSA) is 78.1 Å². The van der Waals surface area contributed by atoms with E-state index >= 15 is 0 Å². The van der Waals surface area contributed by atoms with Crippen LogP contribution in [0.3, 0.4) is 0 Å². The van der Waals surface area contributed by atoms with Crippen LogP contribution < -0.4 is 10.9 Å². The average Bonchev–Trinajstić information content (AvgIpc) is 2.57. The summed E-state index contributed by atoms with van der Waals surface area (Å²) in [6.07, 6.45) is 1.32. The van der Waals surface area contributed by atoms with Crippen LogP contribution in [0.5, 0.6) is 0 Å². The molecule has 0 saturated carbocycles. The molecule has 2 aromatic carbocycles. The van der Waals surface area contributed by atoms with Gasteiger partial charge in [-0.1, -0.05) is 41.9 Å². The highest BCUT2D eigenvalue weighted by molar-refractivity contribution is 6.34. The molecule has 0 fully saturated rings. The molecule has 0 bridgehead atoms. The number of carbonyl (C=O) groups excluding carboxylic acids is 1. The van der Waals surface area contributed by atoms with Gasteiger partial charge in [-0.3, -0.25) is 14.5 Å². The molecule has 2 N–H and O–H groups in total. The fourth-order valence-corrected chi connectivity index (χ4v) is 2.92. The summed E-state index contributed by atoms with van der Waals surface area (Å²) in [5, 5.41) is 3.49. The maximum absolute atomic E-state index is 12.8. The number of rotatable bonds is 4. The molecule has 1 amide bonds. The number of amides is 1. The molecule has 0 aliphatic carbocycles. The van der Waals surface area contributed by atoms with Crippen molar-refractivity contribution in [3.8, 4) is 0 Å². The van der Waals surface area contributed by atoms with Crippen LogP contribution in [0.15, 0.2) is 53.6 Å². The van der Waals surface area contributed by atoms with Gasteiger partial charge in [-0.25, -0.2) is 4.98 Å². The van der Waals surface area contributed by atoms with Crippen molar-refractivity contribution in [3.63, 3.8) is 0 Å². The van der Waals surface area contributed by atoms with Crippen molar-refractivity contribution < 1.29 is 4.79 Å². The third kappa shape index (κ3) is 3.55. The molecule has 3 aromatic rings. The summed E-state index contributed by atoms with van der Waals surface area (Å²) in [5.41, 5.74) is 1.47. The quantitative estimate of drug-likeness (QED) is 0.753. The molecule has 6 nitrogen and oxygen atoms in total. The van der Waals surface area contributed by atoms with Crippen LogP contribution in [0.2, 0.25) is 5.02 Å². The number of aromatic amines is 1. The summed E-state index contributed by atoms with van der Waals surface area (Å²) in [4.78, 5) is 33.0. The normalized spacial score (nSPS) is 12.3. The first-order valence-electron chi connectivity index (χ1n) is 7.66. The minimum Gasteiger partial charge on any atom is -0.323 e. The minimum atomic E-state index is -0.472. The SMILES string of the molecule is CN(C)C(C(=O)Nc1cc2nc[nH]c(=O)c2cc1Cl)c1ccccc1. The Bertz CT molecular complexity index is 970. The summed E-state index contributed by atoms with van der Waals surface area (Å²) >= 11 is 6.24. The zero-order valence-corrected chi connectivity index (χ0v) is 14.5. The number of aromatic nitrogens is 2. The second-order valence-corrected chi connectivity index (χ2v) is 6.25. The van der Waals surface area contributed by atoms with Crippen molar-refractivity contribution in [1.29, 1.82) is 0 Å². The second kappa shape index (κ2) is 7.04. The van der Waals surface area contributed by atoms with E-state index in [0.717, 1.165) is 5.56 Å². The Balaban J connectivity index is 1.95.